The summed E-state index contributed by atoms with van der Waals surface area (Å²) < 4.78 is 39.5. The van der Waals surface area contributed by atoms with Crippen molar-refractivity contribution < 1.29 is 22.7 Å². The summed E-state index contributed by atoms with van der Waals surface area (Å²) in [5.41, 5.74) is 10.8. The zero-order valence-electron chi connectivity index (χ0n) is 20.4. The number of carbonyl (C=O) groups excluding carboxylic acids is 1. The molecule has 0 saturated heterocycles. The van der Waals surface area contributed by atoms with Gasteiger partial charge in [0.2, 0.25) is 10.0 Å². The van der Waals surface area contributed by atoms with E-state index in [0.717, 1.165) is 4.31 Å². The largest absolute Gasteiger partial charge is 0.496 e. The molecule has 0 amide bonds. The van der Waals surface area contributed by atoms with E-state index in [2.05, 4.69) is 9.98 Å². The number of benzene rings is 2. The predicted molar refractivity (Wildman–Crippen MR) is 139 cm³/mol. The minimum Gasteiger partial charge on any atom is -0.496 e. The Morgan fingerprint density at radius 3 is 2.47 bits per heavy atom. The number of carbonyl (C=O) groups is 1. The molecule has 0 radical (unpaired) electrons. The number of guanidine groups is 1. The molecule has 1 aromatic heterocycles. The number of aromatic nitrogens is 1. The van der Waals surface area contributed by atoms with E-state index in [-0.39, 0.29) is 23.2 Å². The van der Waals surface area contributed by atoms with E-state index in [0.29, 0.717) is 27.1 Å². The van der Waals surface area contributed by atoms with E-state index < -0.39 is 28.1 Å². The summed E-state index contributed by atoms with van der Waals surface area (Å²) in [6.07, 6.45) is 1.37. The fraction of sp³-hybridized carbons (Fsp3) is 0.292. The van der Waals surface area contributed by atoms with Crippen LogP contribution in [-0.4, -0.2) is 48.9 Å². The average molecular weight is 534 g/mol. The smallest absolute Gasteiger partial charge is 0.321 e. The maximum absolute atomic E-state index is 13.8. The van der Waals surface area contributed by atoms with E-state index in [4.69, 9.17) is 32.5 Å². The second-order valence-electron chi connectivity index (χ2n) is 8.85. The predicted octanol–water partition coefficient (Wildman–Crippen LogP) is 3.33. The van der Waals surface area contributed by atoms with Crippen molar-refractivity contribution in [2.45, 2.75) is 37.8 Å². The second kappa shape index (κ2) is 10.7. The standard InChI is InChI=1S/C24H28ClN5O5S/c1-24(2,3)35-21(31)14-30(13-15-7-5-6-8-20(15)34-4)36(32,33)16-9-10-17-18(11-16)22(29-23(26)27)28-12-19(17)25/h5-12H,13-14H2,1-4H3,(H4,26,27,28,29). The quantitative estimate of drug-likeness (QED) is 0.254. The molecule has 0 bridgehead atoms. The van der Waals surface area contributed by atoms with Crippen molar-refractivity contribution >= 4 is 50.1 Å². The number of fused-ring (bicyclic) bond motifs is 1. The van der Waals surface area contributed by atoms with Crippen LogP contribution in [0.15, 0.2) is 58.5 Å². The molecule has 0 spiro atoms. The lowest BCUT2D eigenvalue weighted by atomic mass is 10.1. The molecule has 4 N–H and O–H groups in total. The first kappa shape index (κ1) is 27.2. The lowest BCUT2D eigenvalue weighted by Crippen LogP contribution is -2.38. The Balaban J connectivity index is 2.12. The van der Waals surface area contributed by atoms with Gasteiger partial charge in [-0.25, -0.2) is 13.4 Å². The van der Waals surface area contributed by atoms with Crippen molar-refractivity contribution in [2.75, 3.05) is 13.7 Å². The third kappa shape index (κ3) is 6.42. The molecule has 12 heteroatoms. The van der Waals surface area contributed by atoms with Crippen molar-refractivity contribution in [3.8, 4) is 5.75 Å². The van der Waals surface area contributed by atoms with Crippen molar-refractivity contribution in [1.82, 2.24) is 9.29 Å². The molecule has 2 aromatic carbocycles. The van der Waals surface area contributed by atoms with Crippen LogP contribution < -0.4 is 16.2 Å². The molecule has 0 fully saturated rings. The number of ether oxygens (including phenoxy) is 2. The Morgan fingerprint density at radius 2 is 1.83 bits per heavy atom. The molecule has 192 valence electrons. The lowest BCUT2D eigenvalue weighted by molar-refractivity contribution is -0.155. The molecule has 0 unspecified atom stereocenters. The first-order valence-electron chi connectivity index (χ1n) is 10.8. The summed E-state index contributed by atoms with van der Waals surface area (Å²) in [4.78, 5) is 20.7. The average Bonchev–Trinajstić information content (AvgIpc) is 2.79. The molecule has 3 aromatic rings. The van der Waals surface area contributed by atoms with Crippen LogP contribution in [0.2, 0.25) is 5.02 Å². The van der Waals surface area contributed by atoms with Gasteiger partial charge in [-0.1, -0.05) is 35.9 Å². The van der Waals surface area contributed by atoms with Gasteiger partial charge >= 0.3 is 5.97 Å². The van der Waals surface area contributed by atoms with Crippen LogP contribution in [0.25, 0.3) is 10.8 Å². The highest BCUT2D eigenvalue weighted by Gasteiger charge is 2.30. The SMILES string of the molecule is COc1ccccc1CN(CC(=O)OC(C)(C)C)S(=O)(=O)c1ccc2c(Cl)cnc(N=C(N)N)c2c1. The number of hydrogen-bond acceptors (Lipinski definition) is 7. The summed E-state index contributed by atoms with van der Waals surface area (Å²) >= 11 is 6.26. The van der Waals surface area contributed by atoms with Crippen LogP contribution in [0.5, 0.6) is 5.75 Å². The topological polar surface area (TPSA) is 150 Å². The molecule has 0 aliphatic carbocycles. The number of halogens is 1. The van der Waals surface area contributed by atoms with Gasteiger partial charge < -0.3 is 20.9 Å². The minimum absolute atomic E-state index is 0.106. The number of pyridine rings is 1. The van der Waals surface area contributed by atoms with Crippen LogP contribution in [0, 0.1) is 0 Å². The third-order valence-electron chi connectivity index (χ3n) is 4.93. The summed E-state index contributed by atoms with van der Waals surface area (Å²) in [7, 11) is -2.75. The van der Waals surface area contributed by atoms with E-state index >= 15 is 0 Å². The third-order valence-corrected chi connectivity index (χ3v) is 7.02. The number of esters is 1. The van der Waals surface area contributed by atoms with Gasteiger partial charge in [-0.15, -0.1) is 0 Å². The zero-order valence-corrected chi connectivity index (χ0v) is 21.9. The number of rotatable bonds is 8. The molecule has 0 aliphatic heterocycles. The normalized spacial score (nSPS) is 11.9. The van der Waals surface area contributed by atoms with Gasteiger partial charge in [0.1, 0.15) is 17.9 Å². The number of aliphatic imine (C=N–C) groups is 1. The molecule has 1 heterocycles. The van der Waals surface area contributed by atoms with Crippen molar-refractivity contribution in [3.05, 3.63) is 59.2 Å². The molecular weight excluding hydrogens is 506 g/mol. The number of methoxy groups -OCH3 is 1. The van der Waals surface area contributed by atoms with Gasteiger partial charge in [0.15, 0.2) is 11.8 Å². The monoisotopic (exact) mass is 533 g/mol. The second-order valence-corrected chi connectivity index (χ2v) is 11.2. The lowest BCUT2D eigenvalue weighted by Gasteiger charge is -2.25. The highest BCUT2D eigenvalue weighted by molar-refractivity contribution is 7.89. The first-order chi connectivity index (χ1) is 16.8. The van der Waals surface area contributed by atoms with E-state index in [1.807, 2.05) is 0 Å². The Labute approximate surface area is 214 Å². The van der Waals surface area contributed by atoms with E-state index in [9.17, 15) is 13.2 Å². The molecule has 3 rings (SSSR count). The van der Waals surface area contributed by atoms with Crippen LogP contribution in [0.1, 0.15) is 26.3 Å². The van der Waals surface area contributed by atoms with E-state index in [1.54, 1.807) is 45.0 Å². The Kier molecular flexibility index (Phi) is 8.07. The summed E-state index contributed by atoms with van der Waals surface area (Å²) in [5.74, 6) is -0.365. The van der Waals surface area contributed by atoms with Crippen LogP contribution in [0.3, 0.4) is 0 Å². The zero-order chi connectivity index (χ0) is 26.7. The molecular formula is C24H28ClN5O5S. The number of hydrogen-bond donors (Lipinski definition) is 2. The fourth-order valence-corrected chi connectivity index (χ4v) is 5.06. The number of para-hydroxylation sites is 1. The van der Waals surface area contributed by atoms with Gasteiger partial charge in [0.25, 0.3) is 0 Å². The van der Waals surface area contributed by atoms with Crippen molar-refractivity contribution in [1.29, 1.82) is 0 Å². The molecule has 0 aliphatic rings. The van der Waals surface area contributed by atoms with Crippen LogP contribution >= 0.6 is 11.6 Å². The maximum atomic E-state index is 13.8. The van der Waals surface area contributed by atoms with Crippen molar-refractivity contribution in [3.63, 3.8) is 0 Å². The fourth-order valence-electron chi connectivity index (χ4n) is 3.46. The maximum Gasteiger partial charge on any atom is 0.321 e. The first-order valence-corrected chi connectivity index (χ1v) is 12.7. The Bertz CT molecular complexity index is 1420. The molecule has 0 atom stereocenters. The molecule has 0 saturated carbocycles. The summed E-state index contributed by atoms with van der Waals surface area (Å²) in [6.45, 7) is 4.45. The number of nitrogens with two attached hydrogens (primary N) is 2. The highest BCUT2D eigenvalue weighted by Crippen LogP contribution is 2.33. The molecule has 36 heavy (non-hydrogen) atoms. The van der Waals surface area contributed by atoms with Crippen LogP contribution in [-0.2, 0) is 26.1 Å². The van der Waals surface area contributed by atoms with Gasteiger partial charge in [-0.05, 0) is 39.0 Å². The van der Waals surface area contributed by atoms with Gasteiger partial charge in [0, 0.05) is 29.1 Å². The summed E-state index contributed by atoms with van der Waals surface area (Å²) in [6, 6.07) is 11.2. The van der Waals surface area contributed by atoms with Gasteiger partial charge in [-0.2, -0.15) is 9.30 Å². The Morgan fingerprint density at radius 1 is 1.14 bits per heavy atom. The molecule has 10 nitrogen and oxygen atoms in total. The Hall–Kier alpha value is -3.41. The minimum atomic E-state index is -4.23. The van der Waals surface area contributed by atoms with Gasteiger partial charge in [-0.3, -0.25) is 4.79 Å². The van der Waals surface area contributed by atoms with Crippen molar-refractivity contribution in [2.24, 2.45) is 16.5 Å². The number of nitrogens with zero attached hydrogens (tertiary/aromatic N) is 3. The number of sulfonamides is 1. The van der Waals surface area contributed by atoms with Crippen LogP contribution in [0.4, 0.5) is 5.82 Å². The van der Waals surface area contributed by atoms with E-state index in [1.165, 1.54) is 31.5 Å². The van der Waals surface area contributed by atoms with Gasteiger partial charge in [0.05, 0.1) is 17.0 Å². The highest BCUT2D eigenvalue weighted by atomic mass is 35.5. The summed E-state index contributed by atoms with van der Waals surface area (Å²) in [5, 5.41) is 1.13.